The van der Waals surface area contributed by atoms with Crippen molar-refractivity contribution < 1.29 is 9.59 Å². The highest BCUT2D eigenvalue weighted by Crippen LogP contribution is 2.35. The minimum Gasteiger partial charge on any atom is -0.369 e. The quantitative estimate of drug-likeness (QED) is 0.541. The topological polar surface area (TPSA) is 55.9 Å². The van der Waals surface area contributed by atoms with Crippen molar-refractivity contribution in [3.8, 4) is 0 Å². The van der Waals surface area contributed by atoms with Gasteiger partial charge in [-0.1, -0.05) is 55.5 Å². The number of piperazine rings is 1. The fourth-order valence-corrected chi connectivity index (χ4v) is 4.77. The van der Waals surface area contributed by atoms with Crippen LogP contribution in [0.15, 0.2) is 84.6 Å². The summed E-state index contributed by atoms with van der Waals surface area (Å²) < 4.78 is 0. The van der Waals surface area contributed by atoms with Crippen molar-refractivity contribution in [1.82, 2.24) is 4.90 Å². The molecule has 35 heavy (non-hydrogen) atoms. The van der Waals surface area contributed by atoms with E-state index < -0.39 is 0 Å². The number of amides is 2. The second-order valence-corrected chi connectivity index (χ2v) is 8.94. The largest absolute Gasteiger partial charge is 0.369 e. The molecule has 2 heterocycles. The number of benzene rings is 3. The molecule has 2 aliphatic heterocycles. The molecule has 6 nitrogen and oxygen atoms in total. The monoisotopic (exact) mass is 466 g/mol. The molecule has 0 aromatic heterocycles. The number of para-hydroxylation sites is 1. The second-order valence-electron chi connectivity index (χ2n) is 8.94. The fourth-order valence-electron chi connectivity index (χ4n) is 4.77. The van der Waals surface area contributed by atoms with Gasteiger partial charge in [0.05, 0.1) is 11.3 Å². The van der Waals surface area contributed by atoms with E-state index >= 15 is 0 Å². The van der Waals surface area contributed by atoms with Crippen LogP contribution in [0.2, 0.25) is 0 Å². The third-order valence-electron chi connectivity index (χ3n) is 6.82. The van der Waals surface area contributed by atoms with Gasteiger partial charge in [-0.2, -0.15) is 0 Å². The molecule has 0 aliphatic carbocycles. The summed E-state index contributed by atoms with van der Waals surface area (Å²) in [6.07, 6.45) is 0. The number of carbonyl (C=O) groups excluding carboxylic acids is 2. The van der Waals surface area contributed by atoms with Gasteiger partial charge in [0.1, 0.15) is 5.70 Å². The maximum Gasteiger partial charge on any atom is 0.282 e. The first-order valence-corrected chi connectivity index (χ1v) is 12.2. The van der Waals surface area contributed by atoms with Crippen LogP contribution >= 0.6 is 0 Å². The minimum absolute atomic E-state index is 0.300. The molecule has 0 atom stereocenters. The zero-order valence-electron chi connectivity index (χ0n) is 20.2. The summed E-state index contributed by atoms with van der Waals surface area (Å²) in [4.78, 5) is 33.3. The molecule has 0 bridgehead atoms. The minimum atomic E-state index is -0.345. The molecule has 2 aliphatic rings. The number of aryl methyl sites for hydroxylation is 1. The molecule has 1 saturated heterocycles. The van der Waals surface area contributed by atoms with E-state index in [1.165, 1.54) is 10.6 Å². The number of rotatable bonds is 6. The Hall–Kier alpha value is -3.90. The summed E-state index contributed by atoms with van der Waals surface area (Å²) in [7, 11) is 0. The van der Waals surface area contributed by atoms with Gasteiger partial charge in [0.25, 0.3) is 11.8 Å². The van der Waals surface area contributed by atoms with Gasteiger partial charge in [0.15, 0.2) is 0 Å². The number of likely N-dealkylation sites (N-methyl/N-ethyl adjacent to an activating group) is 1. The van der Waals surface area contributed by atoms with Crippen LogP contribution in [0, 0.1) is 6.92 Å². The molecule has 3 aromatic carbocycles. The molecule has 0 saturated carbocycles. The summed E-state index contributed by atoms with van der Waals surface area (Å²) >= 11 is 0. The highest BCUT2D eigenvalue weighted by molar-refractivity contribution is 6.46. The highest BCUT2D eigenvalue weighted by atomic mass is 16.2. The van der Waals surface area contributed by atoms with E-state index in [0.29, 0.717) is 17.0 Å². The van der Waals surface area contributed by atoms with E-state index in [1.807, 2.05) is 73.7 Å². The van der Waals surface area contributed by atoms with Gasteiger partial charge in [0, 0.05) is 37.6 Å². The molecule has 6 heteroatoms. The molecule has 0 radical (unpaired) electrons. The van der Waals surface area contributed by atoms with Gasteiger partial charge < -0.3 is 15.1 Å². The Morgan fingerprint density at radius 3 is 2.09 bits per heavy atom. The lowest BCUT2D eigenvalue weighted by Gasteiger charge is -2.35. The van der Waals surface area contributed by atoms with Gasteiger partial charge in [-0.25, -0.2) is 4.90 Å². The predicted molar refractivity (Wildman–Crippen MR) is 141 cm³/mol. The van der Waals surface area contributed by atoms with Crippen LogP contribution < -0.4 is 15.1 Å². The van der Waals surface area contributed by atoms with E-state index in [-0.39, 0.29) is 11.8 Å². The molecule has 5 rings (SSSR count). The normalized spacial score (nSPS) is 16.9. The Bertz CT molecular complexity index is 1260. The fraction of sp³-hybridized carbons (Fsp3) is 0.241. The second kappa shape index (κ2) is 9.76. The van der Waals surface area contributed by atoms with Crippen LogP contribution in [0.4, 0.5) is 17.1 Å². The maximum absolute atomic E-state index is 13.6. The van der Waals surface area contributed by atoms with Crippen LogP contribution in [-0.2, 0) is 9.59 Å². The maximum atomic E-state index is 13.6. The molecular formula is C29H30N4O2. The van der Waals surface area contributed by atoms with Crippen molar-refractivity contribution in [2.75, 3.05) is 47.8 Å². The molecule has 1 fully saturated rings. The third kappa shape index (κ3) is 4.45. The molecule has 1 N–H and O–H groups in total. The third-order valence-corrected chi connectivity index (χ3v) is 6.82. The van der Waals surface area contributed by atoms with E-state index in [1.54, 1.807) is 0 Å². The van der Waals surface area contributed by atoms with Gasteiger partial charge in [-0.3, -0.25) is 9.59 Å². The number of imide groups is 1. The number of nitrogens with zero attached hydrogens (tertiary/aromatic N) is 3. The zero-order valence-corrected chi connectivity index (χ0v) is 20.2. The highest BCUT2D eigenvalue weighted by Gasteiger charge is 2.40. The number of hydrogen-bond acceptors (Lipinski definition) is 5. The Morgan fingerprint density at radius 1 is 0.771 bits per heavy atom. The standard InChI is InChI=1S/C29H30N4O2/c1-3-31-17-19-32(20-18-31)24-15-13-23(14-16-24)30-27-26(22-10-5-4-6-11-22)28(34)33(29(27)35)25-12-8-7-9-21(25)2/h4-16,30H,3,17-20H2,1-2H3. The van der Waals surface area contributed by atoms with E-state index in [0.717, 1.165) is 49.5 Å². The summed E-state index contributed by atoms with van der Waals surface area (Å²) in [6.45, 7) is 9.32. The lowest BCUT2D eigenvalue weighted by atomic mass is 10.0. The average Bonchev–Trinajstić information content (AvgIpc) is 3.14. The first-order valence-electron chi connectivity index (χ1n) is 12.2. The van der Waals surface area contributed by atoms with E-state index in [2.05, 4.69) is 34.2 Å². The molecule has 0 unspecified atom stereocenters. The number of anilines is 3. The zero-order chi connectivity index (χ0) is 24.4. The summed E-state index contributed by atoms with van der Waals surface area (Å²) in [6, 6.07) is 24.9. The van der Waals surface area contributed by atoms with Crippen LogP contribution in [0.25, 0.3) is 5.57 Å². The van der Waals surface area contributed by atoms with E-state index in [9.17, 15) is 9.59 Å². The van der Waals surface area contributed by atoms with Gasteiger partial charge >= 0.3 is 0 Å². The Morgan fingerprint density at radius 2 is 1.43 bits per heavy atom. The van der Waals surface area contributed by atoms with Crippen molar-refractivity contribution in [1.29, 1.82) is 0 Å². The smallest absolute Gasteiger partial charge is 0.282 e. The average molecular weight is 467 g/mol. The molecule has 3 aromatic rings. The first kappa shape index (κ1) is 22.9. The number of hydrogen-bond donors (Lipinski definition) is 1. The summed E-state index contributed by atoms with van der Waals surface area (Å²) in [5, 5.41) is 3.28. The van der Waals surface area contributed by atoms with Gasteiger partial charge in [-0.05, 0) is 54.9 Å². The van der Waals surface area contributed by atoms with Gasteiger partial charge in [0.2, 0.25) is 0 Å². The lowest BCUT2D eigenvalue weighted by molar-refractivity contribution is -0.120. The van der Waals surface area contributed by atoms with Crippen LogP contribution in [0.3, 0.4) is 0 Å². The van der Waals surface area contributed by atoms with Crippen molar-refractivity contribution in [2.24, 2.45) is 0 Å². The Balaban J connectivity index is 1.44. The molecular weight excluding hydrogens is 436 g/mol. The van der Waals surface area contributed by atoms with Crippen molar-refractivity contribution in [2.45, 2.75) is 13.8 Å². The van der Waals surface area contributed by atoms with Gasteiger partial charge in [-0.15, -0.1) is 0 Å². The van der Waals surface area contributed by atoms with Crippen LogP contribution in [0.5, 0.6) is 0 Å². The van der Waals surface area contributed by atoms with Crippen molar-refractivity contribution in [3.63, 3.8) is 0 Å². The first-order chi connectivity index (χ1) is 17.1. The summed E-state index contributed by atoms with van der Waals surface area (Å²) in [5.41, 5.74) is 4.82. The Labute approximate surface area is 206 Å². The number of nitrogens with one attached hydrogen (secondary N) is 1. The van der Waals surface area contributed by atoms with Crippen molar-refractivity contribution >= 4 is 34.4 Å². The van der Waals surface area contributed by atoms with Crippen LogP contribution in [0.1, 0.15) is 18.1 Å². The van der Waals surface area contributed by atoms with Crippen molar-refractivity contribution in [3.05, 3.63) is 95.7 Å². The lowest BCUT2D eigenvalue weighted by Crippen LogP contribution is -2.46. The summed E-state index contributed by atoms with van der Waals surface area (Å²) in [5.74, 6) is -0.661. The molecule has 2 amide bonds. The SMILES string of the molecule is CCN1CCN(c2ccc(NC3=C(c4ccccc4)C(=O)N(c4ccccc4C)C3=O)cc2)CC1. The predicted octanol–water partition coefficient (Wildman–Crippen LogP) is 4.53. The molecule has 178 valence electrons. The number of carbonyl (C=O) groups is 2. The van der Waals surface area contributed by atoms with E-state index in [4.69, 9.17) is 0 Å². The Kier molecular flexibility index (Phi) is 6.38. The molecule has 0 spiro atoms. The van der Waals surface area contributed by atoms with Crippen LogP contribution in [-0.4, -0.2) is 49.4 Å².